The SMILES string of the molecule is CC(C)CONC(C)C1CCC(C)C2C(O)C3C(CC12)CC1CC(C)C(C(C)O)C(O)C1(C)C3C. The van der Waals surface area contributed by atoms with Crippen molar-refractivity contribution in [1.82, 2.24) is 5.48 Å². The van der Waals surface area contributed by atoms with E-state index in [0.29, 0.717) is 47.3 Å². The molecule has 35 heavy (non-hydrogen) atoms. The predicted octanol–water partition coefficient (Wildman–Crippen LogP) is 4.89. The molecule has 0 aromatic carbocycles. The molecule has 4 aliphatic rings. The molecule has 0 spiro atoms. The predicted molar refractivity (Wildman–Crippen MR) is 140 cm³/mol. The van der Waals surface area contributed by atoms with Crippen LogP contribution in [0.5, 0.6) is 0 Å². The van der Waals surface area contributed by atoms with Gasteiger partial charge in [0.2, 0.25) is 0 Å². The maximum absolute atomic E-state index is 12.0. The summed E-state index contributed by atoms with van der Waals surface area (Å²) < 4.78 is 0. The molecular weight excluding hydrogens is 438 g/mol. The number of rotatable bonds is 6. The number of hydrogen-bond donors (Lipinski definition) is 4. The van der Waals surface area contributed by atoms with Crippen molar-refractivity contribution < 1.29 is 20.2 Å². The molecular formula is C30H55NO4. The van der Waals surface area contributed by atoms with Crippen LogP contribution in [0.4, 0.5) is 0 Å². The van der Waals surface area contributed by atoms with Crippen LogP contribution in [0.1, 0.15) is 87.5 Å². The molecule has 0 saturated heterocycles. The van der Waals surface area contributed by atoms with E-state index in [2.05, 4.69) is 53.9 Å². The van der Waals surface area contributed by atoms with Gasteiger partial charge in [0.05, 0.1) is 24.9 Å². The highest BCUT2D eigenvalue weighted by Crippen LogP contribution is 2.64. The largest absolute Gasteiger partial charge is 0.393 e. The molecule has 4 aliphatic carbocycles. The molecule has 0 heterocycles. The van der Waals surface area contributed by atoms with Gasteiger partial charge < -0.3 is 20.2 Å². The Morgan fingerprint density at radius 1 is 0.943 bits per heavy atom. The number of nitrogens with one attached hydrogen (secondary N) is 1. The van der Waals surface area contributed by atoms with E-state index in [1.807, 2.05) is 6.92 Å². The highest BCUT2D eigenvalue weighted by Gasteiger charge is 2.63. The number of hydrogen-bond acceptors (Lipinski definition) is 5. The van der Waals surface area contributed by atoms with E-state index in [1.54, 1.807) is 0 Å². The van der Waals surface area contributed by atoms with E-state index in [9.17, 15) is 15.3 Å². The summed E-state index contributed by atoms with van der Waals surface area (Å²) in [6, 6.07) is 0.284. The lowest BCUT2D eigenvalue weighted by Crippen LogP contribution is -2.65. The van der Waals surface area contributed by atoms with Gasteiger partial charge in [-0.3, -0.25) is 0 Å². The Hall–Kier alpha value is -0.200. The third kappa shape index (κ3) is 4.75. The van der Waals surface area contributed by atoms with Gasteiger partial charge >= 0.3 is 0 Å². The molecule has 4 saturated carbocycles. The third-order valence-electron chi connectivity index (χ3n) is 11.8. The van der Waals surface area contributed by atoms with Crippen molar-refractivity contribution in [3.63, 3.8) is 0 Å². The van der Waals surface area contributed by atoms with Crippen LogP contribution in [0.15, 0.2) is 0 Å². The molecule has 204 valence electrons. The van der Waals surface area contributed by atoms with Crippen molar-refractivity contribution >= 4 is 0 Å². The summed E-state index contributed by atoms with van der Waals surface area (Å²) in [5.74, 6) is 4.06. The zero-order chi connectivity index (χ0) is 25.8. The highest BCUT2D eigenvalue weighted by atomic mass is 16.6. The van der Waals surface area contributed by atoms with Crippen LogP contribution >= 0.6 is 0 Å². The molecule has 5 heteroatoms. The second-order valence-electron chi connectivity index (χ2n) is 14.2. The minimum absolute atomic E-state index is 0.0838. The van der Waals surface area contributed by atoms with Gasteiger partial charge in [0.15, 0.2) is 0 Å². The maximum atomic E-state index is 12.0. The lowest BCUT2D eigenvalue weighted by Gasteiger charge is -2.65. The first kappa shape index (κ1) is 27.8. The fourth-order valence-corrected chi connectivity index (χ4v) is 9.88. The average Bonchev–Trinajstić information content (AvgIpc) is 2.75. The van der Waals surface area contributed by atoms with Gasteiger partial charge in [-0.05, 0) is 104 Å². The summed E-state index contributed by atoms with van der Waals surface area (Å²) in [7, 11) is 0. The summed E-state index contributed by atoms with van der Waals surface area (Å²) in [5, 5.41) is 34.2. The Morgan fingerprint density at radius 2 is 1.63 bits per heavy atom. The Morgan fingerprint density at radius 3 is 2.26 bits per heavy atom. The number of aliphatic hydroxyl groups excluding tert-OH is 3. The first-order valence-corrected chi connectivity index (χ1v) is 14.8. The van der Waals surface area contributed by atoms with Gasteiger partial charge in [-0.25, -0.2) is 0 Å². The zero-order valence-electron chi connectivity index (χ0n) is 23.7. The lowest BCUT2D eigenvalue weighted by atomic mass is 9.41. The highest BCUT2D eigenvalue weighted by molar-refractivity contribution is 5.12. The smallest absolute Gasteiger partial charge is 0.0705 e. The molecule has 0 radical (unpaired) electrons. The Balaban J connectivity index is 1.58. The third-order valence-corrected chi connectivity index (χ3v) is 11.8. The van der Waals surface area contributed by atoms with Crippen LogP contribution in [-0.4, -0.2) is 46.3 Å². The van der Waals surface area contributed by atoms with Crippen molar-refractivity contribution in [2.24, 2.45) is 70.5 Å². The summed E-state index contributed by atoms with van der Waals surface area (Å²) in [6.45, 7) is 18.3. The lowest BCUT2D eigenvalue weighted by molar-refractivity contribution is -0.227. The maximum Gasteiger partial charge on any atom is 0.0705 e. The number of aliphatic hydroxyl groups is 3. The van der Waals surface area contributed by atoms with E-state index in [-0.39, 0.29) is 35.3 Å². The van der Waals surface area contributed by atoms with Crippen LogP contribution in [0, 0.1) is 70.5 Å². The summed E-state index contributed by atoms with van der Waals surface area (Å²) >= 11 is 0. The topological polar surface area (TPSA) is 82.0 Å². The molecule has 4 rings (SSSR count). The monoisotopic (exact) mass is 493 g/mol. The summed E-state index contributed by atoms with van der Waals surface area (Å²) in [4.78, 5) is 5.84. The average molecular weight is 494 g/mol. The number of fused-ring (bicyclic) bond motifs is 3. The van der Waals surface area contributed by atoms with Crippen molar-refractivity contribution in [2.45, 2.75) is 112 Å². The molecule has 4 fully saturated rings. The van der Waals surface area contributed by atoms with Crippen LogP contribution in [0.2, 0.25) is 0 Å². The Labute approximate surface area is 214 Å². The summed E-state index contributed by atoms with van der Waals surface area (Å²) in [5.41, 5.74) is 3.12. The Kier molecular flexibility index (Phi) is 8.36. The minimum Gasteiger partial charge on any atom is -0.393 e. The van der Waals surface area contributed by atoms with E-state index in [1.165, 1.54) is 12.8 Å². The summed E-state index contributed by atoms with van der Waals surface area (Å²) in [6.07, 6.45) is 4.39. The number of hydroxylamine groups is 1. The minimum atomic E-state index is -0.518. The van der Waals surface area contributed by atoms with Crippen molar-refractivity contribution in [3.05, 3.63) is 0 Å². The van der Waals surface area contributed by atoms with Crippen molar-refractivity contribution in [2.75, 3.05) is 6.61 Å². The van der Waals surface area contributed by atoms with Crippen LogP contribution in [0.3, 0.4) is 0 Å². The van der Waals surface area contributed by atoms with Gasteiger partial charge in [0, 0.05) is 12.0 Å². The molecule has 15 atom stereocenters. The molecule has 4 N–H and O–H groups in total. The van der Waals surface area contributed by atoms with Crippen molar-refractivity contribution in [3.8, 4) is 0 Å². The molecule has 0 aliphatic heterocycles. The molecule has 0 bridgehead atoms. The normalized spacial score (nSPS) is 51.8. The molecule has 0 aromatic rings. The van der Waals surface area contributed by atoms with Gasteiger partial charge in [0.1, 0.15) is 0 Å². The van der Waals surface area contributed by atoms with Gasteiger partial charge in [-0.1, -0.05) is 48.0 Å². The van der Waals surface area contributed by atoms with Crippen LogP contribution in [-0.2, 0) is 4.84 Å². The first-order valence-electron chi connectivity index (χ1n) is 14.8. The van der Waals surface area contributed by atoms with Crippen LogP contribution < -0.4 is 5.48 Å². The van der Waals surface area contributed by atoms with Gasteiger partial charge in [-0.2, -0.15) is 5.48 Å². The molecule has 5 nitrogen and oxygen atoms in total. The molecule has 0 amide bonds. The van der Waals surface area contributed by atoms with Gasteiger partial charge in [0.25, 0.3) is 0 Å². The second kappa shape index (κ2) is 10.5. The first-order chi connectivity index (χ1) is 16.4. The van der Waals surface area contributed by atoms with Crippen molar-refractivity contribution in [1.29, 1.82) is 0 Å². The zero-order valence-corrected chi connectivity index (χ0v) is 23.7. The van der Waals surface area contributed by atoms with E-state index in [0.717, 1.165) is 25.9 Å². The van der Waals surface area contributed by atoms with E-state index < -0.39 is 12.2 Å². The fraction of sp³-hybridized carbons (Fsp3) is 1.00. The molecule has 15 unspecified atom stereocenters. The van der Waals surface area contributed by atoms with Gasteiger partial charge in [-0.15, -0.1) is 0 Å². The van der Waals surface area contributed by atoms with E-state index >= 15 is 0 Å². The fourth-order valence-electron chi connectivity index (χ4n) is 9.88. The molecule has 0 aromatic heterocycles. The van der Waals surface area contributed by atoms with Crippen LogP contribution in [0.25, 0.3) is 0 Å². The Bertz CT molecular complexity index is 714. The van der Waals surface area contributed by atoms with E-state index in [4.69, 9.17) is 4.84 Å². The quantitative estimate of drug-likeness (QED) is 0.396. The second-order valence-corrected chi connectivity index (χ2v) is 14.2. The standard InChI is InChI=1S/C30H55NO4/c1-15(2)14-35-31-19(6)23-10-9-16(3)26-24(23)13-21-12-22-11-17(4)25(20(7)32)29(34)30(22,8)18(5)27(21)28(26)33/h15-29,31-34H,9-14H2,1-8H3.